The molecule has 5 nitrogen and oxygen atoms in total. The number of likely N-dealkylation sites (tertiary alicyclic amines) is 1. The Bertz CT molecular complexity index is 668. The summed E-state index contributed by atoms with van der Waals surface area (Å²) in [6, 6.07) is 14.3. The van der Waals surface area contributed by atoms with Gasteiger partial charge in [0.25, 0.3) is 0 Å². The fourth-order valence-corrected chi connectivity index (χ4v) is 3.47. The van der Waals surface area contributed by atoms with Crippen LogP contribution in [-0.2, 0) is 6.42 Å². The fourth-order valence-electron chi connectivity index (χ4n) is 3.47. The van der Waals surface area contributed by atoms with Crippen molar-refractivity contribution in [3.63, 3.8) is 0 Å². The summed E-state index contributed by atoms with van der Waals surface area (Å²) in [6.45, 7) is 5.19. The average molecular weight is 483 g/mol. The number of rotatable bonds is 6. The highest BCUT2D eigenvalue weighted by molar-refractivity contribution is 14.0. The van der Waals surface area contributed by atoms with E-state index in [1.54, 1.807) is 18.4 Å². The quantitative estimate of drug-likeness (QED) is 0.372. The molecule has 0 radical (unpaired) electrons. The van der Waals surface area contributed by atoms with Crippen LogP contribution in [0.25, 0.3) is 0 Å². The normalized spacial score (nSPS) is 16.7. The van der Waals surface area contributed by atoms with Crippen molar-refractivity contribution in [2.75, 3.05) is 26.2 Å². The minimum atomic E-state index is -0.700. The topological polar surface area (TPSA) is 61.0 Å². The van der Waals surface area contributed by atoms with Crippen molar-refractivity contribution in [2.24, 2.45) is 10.9 Å². The summed E-state index contributed by atoms with van der Waals surface area (Å²) in [5, 5.41) is 13.5. The van der Waals surface area contributed by atoms with Crippen molar-refractivity contribution in [1.82, 2.24) is 10.2 Å². The second-order valence-electron chi connectivity index (χ2n) is 6.85. The molecule has 2 aromatic rings. The number of halogens is 1. The molecule has 2 N–H and O–H groups in total. The van der Waals surface area contributed by atoms with Crippen molar-refractivity contribution in [3.05, 3.63) is 60.1 Å². The van der Waals surface area contributed by atoms with E-state index in [0.29, 0.717) is 12.3 Å². The molecule has 1 fully saturated rings. The highest BCUT2D eigenvalue weighted by Crippen LogP contribution is 2.22. The average Bonchev–Trinajstić information content (AvgIpc) is 3.21. The molecule has 3 rings (SSSR count). The van der Waals surface area contributed by atoms with E-state index in [1.807, 2.05) is 0 Å². The van der Waals surface area contributed by atoms with Gasteiger partial charge in [-0.2, -0.15) is 0 Å². The molecule has 0 saturated carbocycles. The van der Waals surface area contributed by atoms with Gasteiger partial charge in [0.05, 0.1) is 12.8 Å². The summed E-state index contributed by atoms with van der Waals surface area (Å²) in [5.74, 6) is 2.17. The molecule has 1 unspecified atom stereocenters. The van der Waals surface area contributed by atoms with E-state index >= 15 is 0 Å². The summed E-state index contributed by atoms with van der Waals surface area (Å²) in [7, 11) is 0. The van der Waals surface area contributed by atoms with E-state index in [1.165, 1.54) is 18.4 Å². The molecule has 0 bridgehead atoms. The first-order valence-corrected chi connectivity index (χ1v) is 9.55. The van der Waals surface area contributed by atoms with Gasteiger partial charge in [-0.1, -0.05) is 30.3 Å². The smallest absolute Gasteiger partial charge is 0.194 e. The fraction of sp³-hybridized carbons (Fsp3) is 0.476. The predicted molar refractivity (Wildman–Crippen MR) is 120 cm³/mol. The third-order valence-electron chi connectivity index (χ3n) is 4.90. The van der Waals surface area contributed by atoms with E-state index in [2.05, 4.69) is 52.5 Å². The number of piperidine rings is 1. The Morgan fingerprint density at radius 3 is 2.59 bits per heavy atom. The third-order valence-corrected chi connectivity index (χ3v) is 4.90. The molecule has 1 aromatic heterocycles. The van der Waals surface area contributed by atoms with Crippen molar-refractivity contribution in [1.29, 1.82) is 0 Å². The van der Waals surface area contributed by atoms with Gasteiger partial charge in [-0.3, -0.25) is 0 Å². The Labute approximate surface area is 178 Å². The van der Waals surface area contributed by atoms with Crippen molar-refractivity contribution in [3.8, 4) is 0 Å². The van der Waals surface area contributed by atoms with E-state index in [9.17, 15) is 5.11 Å². The zero-order valence-electron chi connectivity index (χ0n) is 15.9. The molecule has 1 saturated heterocycles. The number of nitrogens with one attached hydrogen (secondary N) is 1. The first kappa shape index (κ1) is 21.8. The van der Waals surface area contributed by atoms with Gasteiger partial charge >= 0.3 is 0 Å². The molecule has 1 aliphatic rings. The monoisotopic (exact) mass is 483 g/mol. The van der Waals surface area contributed by atoms with Crippen LogP contribution in [0, 0.1) is 5.92 Å². The number of aliphatic hydroxyl groups excluding tert-OH is 1. The van der Waals surface area contributed by atoms with E-state index in [-0.39, 0.29) is 24.0 Å². The number of aliphatic imine (C=N–C) groups is 1. The molecule has 6 heteroatoms. The second kappa shape index (κ2) is 11.3. The van der Waals surface area contributed by atoms with Crippen LogP contribution in [-0.4, -0.2) is 42.1 Å². The van der Waals surface area contributed by atoms with E-state index in [0.717, 1.165) is 37.9 Å². The molecule has 148 valence electrons. The molecule has 0 amide bonds. The Hall–Kier alpha value is -1.54. The Morgan fingerprint density at radius 1 is 1.22 bits per heavy atom. The molecule has 1 aromatic carbocycles. The molecule has 27 heavy (non-hydrogen) atoms. The third kappa shape index (κ3) is 6.53. The minimum absolute atomic E-state index is 0. The Kier molecular flexibility index (Phi) is 9.14. The Balaban J connectivity index is 0.00000261. The van der Waals surface area contributed by atoms with E-state index < -0.39 is 6.10 Å². The molecular formula is C21H30IN3O2. The lowest BCUT2D eigenvalue weighted by molar-refractivity contribution is 0.157. The number of hydrogen-bond acceptors (Lipinski definition) is 3. The van der Waals surface area contributed by atoms with Crippen molar-refractivity contribution >= 4 is 29.9 Å². The molecule has 2 heterocycles. The van der Waals surface area contributed by atoms with Gasteiger partial charge in [0.15, 0.2) is 5.96 Å². The predicted octanol–water partition coefficient (Wildman–Crippen LogP) is 3.85. The summed E-state index contributed by atoms with van der Waals surface area (Å²) in [4.78, 5) is 6.93. The van der Waals surface area contributed by atoms with Gasteiger partial charge in [0.1, 0.15) is 11.9 Å². The highest BCUT2D eigenvalue weighted by Gasteiger charge is 2.22. The maximum atomic E-state index is 10.2. The lowest BCUT2D eigenvalue weighted by Crippen LogP contribution is -2.46. The molecule has 1 aliphatic heterocycles. The second-order valence-corrected chi connectivity index (χ2v) is 6.85. The van der Waals surface area contributed by atoms with Crippen LogP contribution in [0.1, 0.15) is 37.2 Å². The molecular weight excluding hydrogens is 453 g/mol. The zero-order chi connectivity index (χ0) is 18.2. The maximum absolute atomic E-state index is 10.2. The van der Waals surface area contributed by atoms with Crippen molar-refractivity contribution < 1.29 is 9.52 Å². The van der Waals surface area contributed by atoms with Gasteiger partial charge in [0, 0.05) is 19.6 Å². The van der Waals surface area contributed by atoms with Gasteiger partial charge in [-0.15, -0.1) is 24.0 Å². The summed E-state index contributed by atoms with van der Waals surface area (Å²) in [5.41, 5.74) is 1.42. The SMILES string of the molecule is CCNC(=NCC(O)c1ccco1)N1CCC(Cc2ccccc2)CC1.I. The van der Waals surface area contributed by atoms with Gasteiger partial charge in [-0.25, -0.2) is 4.99 Å². The standard InChI is InChI=1S/C21H29N3O2.HI/c1-2-22-21(23-16-19(25)20-9-6-14-26-20)24-12-10-18(11-13-24)15-17-7-4-3-5-8-17;/h3-9,14,18-19,25H,2,10-13,15-16H2,1H3,(H,22,23);1H. The number of furan rings is 1. The molecule has 0 spiro atoms. The van der Waals surface area contributed by atoms with Gasteiger partial charge in [0.2, 0.25) is 0 Å². The Morgan fingerprint density at radius 2 is 1.96 bits per heavy atom. The molecule has 1 atom stereocenters. The lowest BCUT2D eigenvalue weighted by Gasteiger charge is -2.34. The number of hydrogen-bond donors (Lipinski definition) is 2. The van der Waals surface area contributed by atoms with Crippen LogP contribution in [0.3, 0.4) is 0 Å². The van der Waals surface area contributed by atoms with E-state index in [4.69, 9.17) is 4.42 Å². The summed E-state index contributed by atoms with van der Waals surface area (Å²) < 4.78 is 5.25. The zero-order valence-corrected chi connectivity index (χ0v) is 18.2. The van der Waals surface area contributed by atoms with Crippen molar-refractivity contribution in [2.45, 2.75) is 32.3 Å². The number of guanidine groups is 1. The maximum Gasteiger partial charge on any atom is 0.194 e. The number of benzene rings is 1. The van der Waals surface area contributed by atoms with Crippen LogP contribution in [0.4, 0.5) is 0 Å². The minimum Gasteiger partial charge on any atom is -0.467 e. The summed E-state index contributed by atoms with van der Waals surface area (Å²) >= 11 is 0. The largest absolute Gasteiger partial charge is 0.467 e. The van der Waals surface area contributed by atoms with Crippen LogP contribution in [0.2, 0.25) is 0 Å². The van der Waals surface area contributed by atoms with Gasteiger partial charge in [-0.05, 0) is 49.8 Å². The lowest BCUT2D eigenvalue weighted by atomic mass is 9.90. The van der Waals surface area contributed by atoms with Crippen LogP contribution >= 0.6 is 24.0 Å². The summed E-state index contributed by atoms with van der Waals surface area (Å²) in [6.07, 6.45) is 4.36. The van der Waals surface area contributed by atoms with Crippen LogP contribution < -0.4 is 5.32 Å². The first-order chi connectivity index (χ1) is 12.8. The number of aliphatic hydroxyl groups is 1. The number of nitrogens with zero attached hydrogens (tertiary/aromatic N) is 2. The van der Waals surface area contributed by atoms with Gasteiger partial charge < -0.3 is 19.7 Å². The highest BCUT2D eigenvalue weighted by atomic mass is 127. The van der Waals surface area contributed by atoms with Crippen LogP contribution in [0.5, 0.6) is 0 Å². The van der Waals surface area contributed by atoms with Crippen LogP contribution in [0.15, 0.2) is 58.1 Å². The first-order valence-electron chi connectivity index (χ1n) is 9.55. The molecule has 0 aliphatic carbocycles.